The first-order valence-corrected chi connectivity index (χ1v) is 10.3. The van der Waals surface area contributed by atoms with Crippen molar-refractivity contribution in [2.45, 2.75) is 45.8 Å². The van der Waals surface area contributed by atoms with Crippen LogP contribution in [0.3, 0.4) is 0 Å². The summed E-state index contributed by atoms with van der Waals surface area (Å²) in [5.41, 5.74) is 6.77. The van der Waals surface area contributed by atoms with E-state index in [1.807, 2.05) is 24.5 Å². The number of piperidine rings is 1. The Morgan fingerprint density at radius 3 is 2.65 bits per heavy atom. The Hall–Kier alpha value is -3.14. The van der Waals surface area contributed by atoms with Crippen LogP contribution in [-0.4, -0.2) is 50.9 Å². The van der Waals surface area contributed by atoms with Crippen molar-refractivity contribution < 1.29 is 9.53 Å². The number of fused-ring (bicyclic) bond motifs is 1. The van der Waals surface area contributed by atoms with Gasteiger partial charge in [-0.2, -0.15) is 4.98 Å². The van der Waals surface area contributed by atoms with E-state index in [2.05, 4.69) is 21.2 Å². The molecule has 0 aliphatic carbocycles. The van der Waals surface area contributed by atoms with Gasteiger partial charge in [-0.3, -0.25) is 13.9 Å². The number of hydrogen-bond donors (Lipinski definition) is 1. The number of esters is 1. The fraction of sp³-hybridized carbons (Fsp3) is 0.524. The van der Waals surface area contributed by atoms with Gasteiger partial charge in [0.25, 0.3) is 5.56 Å². The molecule has 0 saturated carbocycles. The molecule has 0 bridgehead atoms. The van der Waals surface area contributed by atoms with Crippen LogP contribution in [0, 0.1) is 0 Å². The summed E-state index contributed by atoms with van der Waals surface area (Å²) in [5.74, 6) is -0.0608. The van der Waals surface area contributed by atoms with E-state index in [9.17, 15) is 14.4 Å². The summed E-state index contributed by atoms with van der Waals surface area (Å²) in [6.07, 6.45) is 3.86. The molecule has 0 amide bonds. The quantitative estimate of drug-likeness (QED) is 0.403. The van der Waals surface area contributed by atoms with Crippen LogP contribution in [0.2, 0.25) is 0 Å². The zero-order valence-electron chi connectivity index (χ0n) is 18.6. The van der Waals surface area contributed by atoms with E-state index in [-0.39, 0.29) is 18.2 Å². The molecule has 2 aromatic heterocycles. The van der Waals surface area contributed by atoms with Gasteiger partial charge in [-0.25, -0.2) is 9.59 Å². The third-order valence-corrected chi connectivity index (χ3v) is 5.46. The first kappa shape index (κ1) is 22.5. The Labute approximate surface area is 180 Å². The third-order valence-electron chi connectivity index (χ3n) is 5.46. The number of nitrogens with zero attached hydrogens (tertiary/aromatic N) is 5. The van der Waals surface area contributed by atoms with Crippen LogP contribution < -0.4 is 21.9 Å². The van der Waals surface area contributed by atoms with Crippen molar-refractivity contribution in [3.63, 3.8) is 0 Å². The molecule has 10 nitrogen and oxygen atoms in total. The number of hydrogen-bond acceptors (Lipinski definition) is 7. The van der Waals surface area contributed by atoms with Crippen LogP contribution in [0.15, 0.2) is 33.4 Å². The number of anilines is 1. The van der Waals surface area contributed by atoms with Crippen LogP contribution in [0.1, 0.15) is 26.7 Å². The zero-order chi connectivity index (χ0) is 22.9. The molecule has 31 heavy (non-hydrogen) atoms. The van der Waals surface area contributed by atoms with E-state index in [1.165, 1.54) is 11.7 Å². The van der Waals surface area contributed by atoms with Crippen molar-refractivity contribution in [3.05, 3.63) is 44.6 Å². The maximum Gasteiger partial charge on any atom is 0.334 e. The summed E-state index contributed by atoms with van der Waals surface area (Å²) >= 11 is 0. The maximum atomic E-state index is 13.4. The molecular formula is C21H30N6O4. The standard InChI is InChI=1S/C21H30N6O4/c1-13(2)8-10-26-16-17(23-20(26)25-9-6-7-15(22)12-25)24(4)21(30)27(18(16)28)11-14(3)19(29)31-5/h8,15H,3,6-7,9-12,22H2,1-2,4-5H3. The second-order valence-electron chi connectivity index (χ2n) is 8.15. The molecule has 2 aromatic rings. The van der Waals surface area contributed by atoms with E-state index in [0.717, 1.165) is 29.5 Å². The molecule has 3 heterocycles. The van der Waals surface area contributed by atoms with Gasteiger partial charge in [0.05, 0.1) is 13.7 Å². The number of ether oxygens (including phenoxy) is 1. The minimum absolute atomic E-state index is 0.0126. The summed E-state index contributed by atoms with van der Waals surface area (Å²) < 4.78 is 8.80. The van der Waals surface area contributed by atoms with E-state index in [4.69, 9.17) is 5.73 Å². The van der Waals surface area contributed by atoms with E-state index in [0.29, 0.717) is 30.2 Å². The average molecular weight is 431 g/mol. The van der Waals surface area contributed by atoms with Crippen LogP contribution >= 0.6 is 0 Å². The molecule has 2 N–H and O–H groups in total. The number of nitrogens with two attached hydrogens (primary N) is 1. The number of aryl methyl sites for hydroxylation is 1. The smallest absolute Gasteiger partial charge is 0.334 e. The highest BCUT2D eigenvalue weighted by atomic mass is 16.5. The lowest BCUT2D eigenvalue weighted by Gasteiger charge is -2.31. The molecule has 1 unspecified atom stereocenters. The Morgan fingerprint density at radius 2 is 2.03 bits per heavy atom. The summed E-state index contributed by atoms with van der Waals surface area (Å²) in [4.78, 5) is 44.8. The fourth-order valence-electron chi connectivity index (χ4n) is 3.78. The molecule has 0 spiro atoms. The molecule has 168 valence electrons. The highest BCUT2D eigenvalue weighted by Gasteiger charge is 2.26. The number of methoxy groups -OCH3 is 1. The van der Waals surface area contributed by atoms with Crippen molar-refractivity contribution in [2.75, 3.05) is 25.1 Å². The topological polar surface area (TPSA) is 117 Å². The number of allylic oxidation sites excluding steroid dienone is 2. The Kier molecular flexibility index (Phi) is 6.49. The predicted molar refractivity (Wildman–Crippen MR) is 119 cm³/mol. The second-order valence-corrected chi connectivity index (χ2v) is 8.15. The zero-order valence-corrected chi connectivity index (χ0v) is 18.6. The molecule has 1 fully saturated rings. The van der Waals surface area contributed by atoms with Gasteiger partial charge in [-0.1, -0.05) is 18.2 Å². The summed E-state index contributed by atoms with van der Waals surface area (Å²) in [6, 6.07) is 0.0225. The van der Waals surface area contributed by atoms with Gasteiger partial charge in [0.1, 0.15) is 0 Å². The van der Waals surface area contributed by atoms with Gasteiger partial charge < -0.3 is 19.9 Å². The number of carbonyl (C=O) groups excluding carboxylic acids is 1. The van der Waals surface area contributed by atoms with Gasteiger partial charge in [-0.15, -0.1) is 0 Å². The van der Waals surface area contributed by atoms with Crippen LogP contribution in [0.4, 0.5) is 5.95 Å². The van der Waals surface area contributed by atoms with Crippen molar-refractivity contribution in [3.8, 4) is 0 Å². The van der Waals surface area contributed by atoms with Crippen molar-refractivity contribution >= 4 is 23.1 Å². The van der Waals surface area contributed by atoms with Crippen LogP contribution in [0.25, 0.3) is 11.2 Å². The lowest BCUT2D eigenvalue weighted by Crippen LogP contribution is -2.44. The van der Waals surface area contributed by atoms with E-state index < -0.39 is 17.2 Å². The molecule has 1 aliphatic heterocycles. The highest BCUT2D eigenvalue weighted by Crippen LogP contribution is 2.23. The SMILES string of the molecule is C=C(Cn1c(=O)c2c(nc(N3CCCC(N)C3)n2CC=C(C)C)n(C)c1=O)C(=O)OC. The molecule has 3 rings (SSSR count). The van der Waals surface area contributed by atoms with Gasteiger partial charge in [0.15, 0.2) is 11.2 Å². The van der Waals surface area contributed by atoms with Crippen LogP contribution in [0.5, 0.6) is 0 Å². The number of carbonyl (C=O) groups is 1. The molecule has 1 aliphatic rings. The molecule has 0 aromatic carbocycles. The largest absolute Gasteiger partial charge is 0.466 e. The lowest BCUT2D eigenvalue weighted by molar-refractivity contribution is -0.136. The molecule has 0 radical (unpaired) electrons. The third kappa shape index (κ3) is 4.34. The normalized spacial score (nSPS) is 16.4. The predicted octanol–water partition coefficient (Wildman–Crippen LogP) is 0.520. The minimum Gasteiger partial charge on any atom is -0.466 e. The average Bonchev–Trinajstić information content (AvgIpc) is 3.12. The molecule has 10 heteroatoms. The molecule has 1 atom stereocenters. The summed E-state index contributed by atoms with van der Waals surface area (Å²) in [6.45, 7) is 9.16. The highest BCUT2D eigenvalue weighted by molar-refractivity contribution is 5.87. The first-order valence-electron chi connectivity index (χ1n) is 10.3. The van der Waals surface area contributed by atoms with Crippen molar-refractivity contribution in [1.82, 2.24) is 18.7 Å². The van der Waals surface area contributed by atoms with Gasteiger partial charge in [0.2, 0.25) is 5.95 Å². The summed E-state index contributed by atoms with van der Waals surface area (Å²) in [7, 11) is 2.78. The second kappa shape index (κ2) is 8.93. The Morgan fingerprint density at radius 1 is 1.32 bits per heavy atom. The Bertz CT molecular complexity index is 1170. The molecular weight excluding hydrogens is 400 g/mol. The number of imidazole rings is 1. The van der Waals surface area contributed by atoms with Crippen LogP contribution in [-0.2, 0) is 29.7 Å². The van der Waals surface area contributed by atoms with E-state index >= 15 is 0 Å². The van der Waals surface area contributed by atoms with Gasteiger partial charge in [0, 0.05) is 38.3 Å². The monoisotopic (exact) mass is 430 g/mol. The Balaban J connectivity index is 2.25. The summed E-state index contributed by atoms with van der Waals surface area (Å²) in [5, 5.41) is 0. The van der Waals surface area contributed by atoms with Crippen molar-refractivity contribution in [2.24, 2.45) is 12.8 Å². The first-order chi connectivity index (χ1) is 14.6. The maximum absolute atomic E-state index is 13.4. The number of rotatable bonds is 6. The van der Waals surface area contributed by atoms with E-state index in [1.54, 1.807) is 7.05 Å². The minimum atomic E-state index is -0.671. The number of aromatic nitrogens is 4. The fourth-order valence-corrected chi connectivity index (χ4v) is 3.78. The van der Waals surface area contributed by atoms with Crippen molar-refractivity contribution in [1.29, 1.82) is 0 Å². The van der Waals surface area contributed by atoms with Gasteiger partial charge >= 0.3 is 11.7 Å². The lowest BCUT2D eigenvalue weighted by atomic mass is 10.1. The molecule has 1 saturated heterocycles. The van der Waals surface area contributed by atoms with Gasteiger partial charge in [-0.05, 0) is 26.7 Å².